The van der Waals surface area contributed by atoms with Crippen LogP contribution in [0.25, 0.3) is 22.9 Å². The number of fused-ring (bicyclic) bond motifs is 1. The number of nitrogens with zero attached hydrogens (tertiary/aromatic N) is 2. The molecular formula is C17H12N2. The third-order valence-electron chi connectivity index (χ3n) is 3.06. The lowest BCUT2D eigenvalue weighted by atomic mass is 9.89. The molecule has 2 nitrogen and oxygen atoms in total. The van der Waals surface area contributed by atoms with Gasteiger partial charge in [-0.25, -0.2) is 0 Å². The first-order valence-corrected chi connectivity index (χ1v) is 5.92. The van der Waals surface area contributed by atoms with Crippen LogP contribution < -0.4 is 0 Å². The van der Waals surface area contributed by atoms with Crippen LogP contribution in [0, 0.1) is 22.7 Å². The second-order valence-corrected chi connectivity index (χ2v) is 4.05. The van der Waals surface area contributed by atoms with Crippen molar-refractivity contribution in [2.75, 3.05) is 0 Å². The summed E-state index contributed by atoms with van der Waals surface area (Å²) in [5, 5.41) is 20.4. The molecule has 0 unspecified atom stereocenters. The fraction of sp³-hybridized carbons (Fsp3) is 0.0588. The Balaban J connectivity index is 3.13. The van der Waals surface area contributed by atoms with E-state index in [-0.39, 0.29) is 0 Å². The fourth-order valence-corrected chi connectivity index (χ4v) is 2.27. The van der Waals surface area contributed by atoms with Crippen molar-refractivity contribution in [1.29, 1.82) is 10.5 Å². The van der Waals surface area contributed by atoms with Gasteiger partial charge in [0.25, 0.3) is 0 Å². The molecule has 2 aromatic carbocycles. The molecule has 2 rings (SSSR count). The Morgan fingerprint density at radius 2 is 1.53 bits per heavy atom. The van der Waals surface area contributed by atoms with E-state index in [1.807, 2.05) is 43.3 Å². The van der Waals surface area contributed by atoms with Gasteiger partial charge in [-0.05, 0) is 6.92 Å². The van der Waals surface area contributed by atoms with Gasteiger partial charge in [-0.2, -0.15) is 10.5 Å². The van der Waals surface area contributed by atoms with E-state index in [1.54, 1.807) is 6.08 Å². The predicted molar refractivity (Wildman–Crippen MR) is 78.2 cm³/mol. The van der Waals surface area contributed by atoms with E-state index in [0.29, 0.717) is 11.1 Å². The molecule has 90 valence electrons. The van der Waals surface area contributed by atoms with Crippen molar-refractivity contribution in [3.63, 3.8) is 0 Å². The van der Waals surface area contributed by atoms with Crippen molar-refractivity contribution in [3.8, 4) is 12.1 Å². The van der Waals surface area contributed by atoms with Crippen LogP contribution in [-0.2, 0) is 0 Å². The van der Waals surface area contributed by atoms with E-state index in [0.717, 1.165) is 21.9 Å². The summed E-state index contributed by atoms with van der Waals surface area (Å²) in [6, 6.07) is 11.9. The Hall–Kier alpha value is -2.84. The predicted octanol–water partition coefficient (Wildman–Crippen LogP) is 4.26. The molecule has 0 amide bonds. The van der Waals surface area contributed by atoms with Crippen molar-refractivity contribution in [1.82, 2.24) is 0 Å². The van der Waals surface area contributed by atoms with E-state index < -0.39 is 0 Å². The molecule has 0 radical (unpaired) electrons. The standard InChI is InChI=1S/C17H12N2/c1-3-7-13-12(4-2)16(10-18)14-8-5-6-9-15(14)17(13)11-19/h3-9H,2H2,1H3/b7-3-. The molecule has 0 bridgehead atoms. The first kappa shape index (κ1) is 12.6. The number of hydrogen-bond donors (Lipinski definition) is 0. The summed E-state index contributed by atoms with van der Waals surface area (Å²) < 4.78 is 0. The van der Waals surface area contributed by atoms with Crippen LogP contribution in [-0.4, -0.2) is 0 Å². The molecule has 0 aliphatic rings. The van der Waals surface area contributed by atoms with Gasteiger partial charge in [0, 0.05) is 21.9 Å². The molecule has 0 aliphatic carbocycles. The lowest BCUT2D eigenvalue weighted by Gasteiger charge is -2.11. The second-order valence-electron chi connectivity index (χ2n) is 4.05. The lowest BCUT2D eigenvalue weighted by molar-refractivity contribution is 1.45. The molecule has 0 saturated carbocycles. The maximum absolute atomic E-state index is 9.43. The van der Waals surface area contributed by atoms with Gasteiger partial charge in [0.1, 0.15) is 12.1 Å². The topological polar surface area (TPSA) is 47.6 Å². The van der Waals surface area contributed by atoms with Gasteiger partial charge >= 0.3 is 0 Å². The maximum atomic E-state index is 9.43. The van der Waals surface area contributed by atoms with E-state index in [1.165, 1.54) is 0 Å². The van der Waals surface area contributed by atoms with E-state index >= 15 is 0 Å². The minimum atomic E-state index is 0.567. The highest BCUT2D eigenvalue weighted by Gasteiger charge is 2.15. The van der Waals surface area contributed by atoms with Gasteiger partial charge in [0.15, 0.2) is 0 Å². The van der Waals surface area contributed by atoms with Crippen molar-refractivity contribution < 1.29 is 0 Å². The Labute approximate surface area is 112 Å². The van der Waals surface area contributed by atoms with Gasteiger partial charge in [0.05, 0.1) is 11.1 Å². The Bertz CT molecular complexity index is 768. The first-order chi connectivity index (χ1) is 9.28. The number of benzene rings is 2. The second kappa shape index (κ2) is 5.21. The number of rotatable bonds is 2. The summed E-state index contributed by atoms with van der Waals surface area (Å²) in [6.45, 7) is 5.65. The molecule has 0 N–H and O–H groups in total. The van der Waals surface area contributed by atoms with Crippen LogP contribution in [0.15, 0.2) is 36.9 Å². The number of hydrogen-bond acceptors (Lipinski definition) is 2. The van der Waals surface area contributed by atoms with E-state index in [4.69, 9.17) is 0 Å². The van der Waals surface area contributed by atoms with E-state index in [9.17, 15) is 10.5 Å². The van der Waals surface area contributed by atoms with Crippen molar-refractivity contribution >= 4 is 22.9 Å². The summed E-state index contributed by atoms with van der Waals surface area (Å²) in [7, 11) is 0. The van der Waals surface area contributed by atoms with Crippen molar-refractivity contribution in [2.45, 2.75) is 6.92 Å². The fourth-order valence-electron chi connectivity index (χ4n) is 2.27. The van der Waals surface area contributed by atoms with Crippen molar-refractivity contribution in [3.05, 3.63) is 59.2 Å². The van der Waals surface area contributed by atoms with Crippen LogP contribution in [0.1, 0.15) is 29.2 Å². The lowest BCUT2D eigenvalue weighted by Crippen LogP contribution is -1.95. The average Bonchev–Trinajstić information content (AvgIpc) is 2.46. The summed E-state index contributed by atoms with van der Waals surface area (Å²) in [4.78, 5) is 0. The Morgan fingerprint density at radius 1 is 1.00 bits per heavy atom. The van der Waals surface area contributed by atoms with Gasteiger partial charge in [-0.15, -0.1) is 0 Å². The Morgan fingerprint density at radius 3 is 1.95 bits per heavy atom. The first-order valence-electron chi connectivity index (χ1n) is 5.92. The molecule has 0 heterocycles. The number of allylic oxidation sites excluding steroid dienone is 1. The Kier molecular flexibility index (Phi) is 3.46. The van der Waals surface area contributed by atoms with Crippen LogP contribution in [0.4, 0.5) is 0 Å². The van der Waals surface area contributed by atoms with Crippen LogP contribution in [0.5, 0.6) is 0 Å². The molecule has 19 heavy (non-hydrogen) atoms. The molecular weight excluding hydrogens is 232 g/mol. The summed E-state index contributed by atoms with van der Waals surface area (Å²) in [5.41, 5.74) is 2.63. The molecule has 0 fully saturated rings. The van der Waals surface area contributed by atoms with Crippen molar-refractivity contribution in [2.24, 2.45) is 0 Å². The highest BCUT2D eigenvalue weighted by Crippen LogP contribution is 2.31. The quantitative estimate of drug-likeness (QED) is 0.792. The minimum absolute atomic E-state index is 0.567. The molecule has 2 aromatic rings. The van der Waals surface area contributed by atoms with Gasteiger partial charge < -0.3 is 0 Å². The highest BCUT2D eigenvalue weighted by atomic mass is 14.3. The summed E-state index contributed by atoms with van der Waals surface area (Å²) in [5.74, 6) is 0. The zero-order chi connectivity index (χ0) is 13.8. The van der Waals surface area contributed by atoms with Crippen LogP contribution >= 0.6 is 0 Å². The van der Waals surface area contributed by atoms with Gasteiger partial charge in [-0.3, -0.25) is 0 Å². The number of nitriles is 2. The zero-order valence-electron chi connectivity index (χ0n) is 10.6. The molecule has 0 aromatic heterocycles. The van der Waals surface area contributed by atoms with Gasteiger partial charge in [-0.1, -0.05) is 49.1 Å². The third-order valence-corrected chi connectivity index (χ3v) is 3.06. The molecule has 0 atom stereocenters. The maximum Gasteiger partial charge on any atom is 0.100 e. The normalized spacial score (nSPS) is 10.3. The molecule has 0 aliphatic heterocycles. The average molecular weight is 244 g/mol. The summed E-state index contributed by atoms with van der Waals surface area (Å²) in [6.07, 6.45) is 5.35. The molecule has 2 heteroatoms. The van der Waals surface area contributed by atoms with E-state index in [2.05, 4.69) is 18.7 Å². The smallest absolute Gasteiger partial charge is 0.100 e. The molecule has 0 saturated heterocycles. The zero-order valence-corrected chi connectivity index (χ0v) is 10.6. The molecule has 0 spiro atoms. The third kappa shape index (κ3) is 1.90. The SMILES string of the molecule is C=Cc1c(/C=C\C)c(C#N)c2ccccc2c1C#N. The minimum Gasteiger partial charge on any atom is -0.192 e. The van der Waals surface area contributed by atoms with Gasteiger partial charge in [0.2, 0.25) is 0 Å². The summed E-state index contributed by atoms with van der Waals surface area (Å²) >= 11 is 0. The highest BCUT2D eigenvalue weighted by molar-refractivity contribution is 5.99. The largest absolute Gasteiger partial charge is 0.192 e. The monoisotopic (exact) mass is 244 g/mol. The van der Waals surface area contributed by atoms with Crippen LogP contribution in [0.2, 0.25) is 0 Å². The van der Waals surface area contributed by atoms with Crippen LogP contribution in [0.3, 0.4) is 0 Å².